The molecule has 19 nitrogen and oxygen atoms in total. The number of Topliss-reactive ketones (excluding diaryl/α,β-unsaturated/α-hetero) is 1. The molecular weight excluding hydrogens is 881 g/mol. The van der Waals surface area contributed by atoms with E-state index in [9.17, 15) is 66.1 Å². The maximum absolute atomic E-state index is 13.1. The minimum Gasteiger partial charge on any atom is -0.394 e. The first kappa shape index (κ1) is 53.5. The highest BCUT2D eigenvalue weighted by Gasteiger charge is 2.70. The Hall–Kier alpha value is -1.31. The lowest BCUT2D eigenvalue weighted by Crippen LogP contribution is -2.65. The van der Waals surface area contributed by atoms with E-state index in [1.807, 2.05) is 13.8 Å². The lowest BCUT2D eigenvalue weighted by molar-refractivity contribution is -0.380. The first-order valence-electron chi connectivity index (χ1n) is 24.4. The fraction of sp³-hybridized carbons (Fsp3) is 0.938. The van der Waals surface area contributed by atoms with Crippen LogP contribution in [0.2, 0.25) is 0 Å². The second-order valence-electron chi connectivity index (χ2n) is 22.8. The van der Waals surface area contributed by atoms with Gasteiger partial charge in [-0.2, -0.15) is 0 Å². The molecule has 7 aliphatic rings. The van der Waals surface area contributed by atoms with Gasteiger partial charge in [0.05, 0.1) is 37.6 Å². The van der Waals surface area contributed by atoms with Gasteiger partial charge < -0.3 is 89.7 Å². The van der Waals surface area contributed by atoms with Gasteiger partial charge in [0, 0.05) is 17.3 Å². The van der Waals surface area contributed by atoms with Crippen LogP contribution >= 0.6 is 0 Å². The summed E-state index contributed by atoms with van der Waals surface area (Å²) in [7, 11) is 0. The molecule has 19 heteroatoms. The molecule has 3 saturated heterocycles. The van der Waals surface area contributed by atoms with Crippen molar-refractivity contribution in [3.05, 3.63) is 11.6 Å². The highest BCUT2D eigenvalue weighted by atomic mass is 16.8. The molecule has 0 aromatic rings. The first-order valence-corrected chi connectivity index (χ1v) is 24.4. The van der Waals surface area contributed by atoms with Crippen LogP contribution in [-0.2, 0) is 33.2 Å². The van der Waals surface area contributed by atoms with Crippen LogP contribution in [0.1, 0.15) is 107 Å². The minimum atomic E-state index is -1.90. The van der Waals surface area contributed by atoms with Crippen molar-refractivity contribution in [1.82, 2.24) is 0 Å². The van der Waals surface area contributed by atoms with E-state index in [0.717, 1.165) is 25.7 Å². The third-order valence-electron chi connectivity index (χ3n) is 18.4. The maximum Gasteiger partial charge on any atom is 0.187 e. The van der Waals surface area contributed by atoms with Crippen molar-refractivity contribution in [2.24, 2.45) is 45.3 Å². The van der Waals surface area contributed by atoms with Crippen molar-refractivity contribution in [2.75, 3.05) is 19.8 Å². The predicted molar refractivity (Wildman–Crippen MR) is 234 cm³/mol. The van der Waals surface area contributed by atoms with Crippen molar-refractivity contribution in [3.63, 3.8) is 0 Å². The Balaban J connectivity index is 1.10. The van der Waals surface area contributed by atoms with Gasteiger partial charge >= 0.3 is 0 Å². The normalized spacial score (nSPS) is 49.9. The Labute approximate surface area is 393 Å². The van der Waals surface area contributed by atoms with E-state index >= 15 is 0 Å². The third kappa shape index (κ3) is 9.15. The summed E-state index contributed by atoms with van der Waals surface area (Å²) in [4.78, 5) is 13.1. The molecule has 0 aromatic heterocycles. The van der Waals surface area contributed by atoms with Crippen LogP contribution in [0.4, 0.5) is 0 Å². The van der Waals surface area contributed by atoms with Gasteiger partial charge in [-0.05, 0) is 107 Å². The minimum absolute atomic E-state index is 0.0679. The van der Waals surface area contributed by atoms with E-state index in [1.165, 1.54) is 5.57 Å². The molecular formula is C48H80O19. The Bertz CT molecular complexity index is 1750. The smallest absolute Gasteiger partial charge is 0.187 e. The number of ether oxygens (including phenoxy) is 6. The summed E-state index contributed by atoms with van der Waals surface area (Å²) in [6.45, 7) is 14.2. The summed E-state index contributed by atoms with van der Waals surface area (Å²) < 4.78 is 35.4. The molecule has 0 radical (unpaired) electrons. The molecule has 0 spiro atoms. The number of rotatable bonds is 14. The van der Waals surface area contributed by atoms with Crippen LogP contribution in [-0.4, -0.2) is 197 Å². The van der Waals surface area contributed by atoms with Crippen LogP contribution in [0.3, 0.4) is 0 Å². The molecule has 12 N–H and O–H groups in total. The summed E-state index contributed by atoms with van der Waals surface area (Å²) >= 11 is 0. The van der Waals surface area contributed by atoms with Crippen molar-refractivity contribution in [2.45, 2.75) is 217 Å². The molecule has 386 valence electrons. The van der Waals surface area contributed by atoms with Gasteiger partial charge in [-0.1, -0.05) is 39.3 Å². The number of hydrogen-bond donors (Lipinski definition) is 12. The van der Waals surface area contributed by atoms with E-state index in [1.54, 1.807) is 13.8 Å². The predicted octanol–water partition coefficient (Wildman–Crippen LogP) is -0.848. The number of aliphatic hydroxyl groups is 12. The monoisotopic (exact) mass is 961 g/mol. The van der Waals surface area contributed by atoms with E-state index in [4.69, 9.17) is 28.4 Å². The third-order valence-corrected chi connectivity index (χ3v) is 18.4. The van der Waals surface area contributed by atoms with Crippen LogP contribution in [0, 0.1) is 45.3 Å². The Morgan fingerprint density at radius 2 is 1.30 bits per heavy atom. The standard InChI is InChI=1S/C48H80O19/c1-21(22-15-16-46(6)28-12-10-23-24(11-13-29(51)44(23,2)3)48(28,8)30(52)17-47(22,46)7)9-14-31(45(4,5)61)66-43-40(67-42-39(60)36(57)33(54)26(19-50)64-42)37(58)34(55)27(65-43)20-62-41-38(59)35(56)32(53)25(18-49)63-41/h10,21-22,24-28,30-43,49-50,52-61H,9,11-20H2,1-8H3/t21-,22-,24-,25-,26-,27-,28?,30-,31-,32-,33-,34-,35+,36+,37+,38-,39-,40-,41?,42+,43+,46+,47-,48+/m1/s1. The number of carbonyl (C=O) groups excluding carboxylic acids is 1. The van der Waals surface area contributed by atoms with E-state index in [2.05, 4.69) is 33.8 Å². The van der Waals surface area contributed by atoms with Crippen molar-refractivity contribution in [1.29, 1.82) is 0 Å². The molecule has 6 fully saturated rings. The molecule has 0 aromatic carbocycles. The highest BCUT2D eigenvalue weighted by molar-refractivity contribution is 5.88. The average molecular weight is 961 g/mol. The number of ketones is 1. The molecule has 4 aliphatic carbocycles. The van der Waals surface area contributed by atoms with Gasteiger partial charge in [0.1, 0.15) is 79.0 Å². The van der Waals surface area contributed by atoms with Gasteiger partial charge in [-0.3, -0.25) is 4.79 Å². The van der Waals surface area contributed by atoms with Gasteiger partial charge in [0.15, 0.2) is 18.9 Å². The molecule has 67 heavy (non-hydrogen) atoms. The lowest BCUT2D eigenvalue weighted by atomic mass is 9.38. The molecule has 7 rings (SSSR count). The lowest BCUT2D eigenvalue weighted by Gasteiger charge is -2.67. The summed E-state index contributed by atoms with van der Waals surface area (Å²) in [5.74, 6) is 0.814. The molecule has 3 heterocycles. The average Bonchev–Trinajstić information content (AvgIpc) is 3.54. The molecule has 0 bridgehead atoms. The number of aliphatic hydroxyl groups excluding tert-OH is 11. The zero-order chi connectivity index (χ0) is 49.5. The molecule has 2 unspecified atom stereocenters. The first-order chi connectivity index (χ1) is 31.2. The number of allylic oxidation sites excluding steroid dienone is 2. The van der Waals surface area contributed by atoms with Gasteiger partial charge in [-0.15, -0.1) is 0 Å². The summed E-state index contributed by atoms with van der Waals surface area (Å²) in [5, 5.41) is 130. The van der Waals surface area contributed by atoms with Gasteiger partial charge in [0.2, 0.25) is 0 Å². The second kappa shape index (κ2) is 19.6. The van der Waals surface area contributed by atoms with Crippen molar-refractivity contribution >= 4 is 5.78 Å². The molecule has 3 aliphatic heterocycles. The zero-order valence-electron chi connectivity index (χ0n) is 40.2. The van der Waals surface area contributed by atoms with Crippen LogP contribution in [0.5, 0.6) is 0 Å². The molecule has 24 atom stereocenters. The Morgan fingerprint density at radius 3 is 1.90 bits per heavy atom. The van der Waals surface area contributed by atoms with Gasteiger partial charge in [-0.25, -0.2) is 0 Å². The fourth-order valence-electron chi connectivity index (χ4n) is 13.9. The largest absolute Gasteiger partial charge is 0.394 e. The van der Waals surface area contributed by atoms with Crippen LogP contribution in [0.25, 0.3) is 0 Å². The SMILES string of the molecule is C[C@H](CC[C@@H](O[C@@H]1O[C@H](COC2O[C@H](CO)[C@@H](O)[C@H](O)[C@H]2O)[C@@H](O)[C@H](O)[C@H]1O[C@@H]1O[C@H](CO)[C@@H](O)[C@H](O)[C@H]1O)C(C)(C)O)[C@H]1CC[C@@]2(C)C3CC=C4[C@@H](CCC(=O)C4(C)C)[C@]3(C)[C@H](O)C[C@]12C. The summed E-state index contributed by atoms with van der Waals surface area (Å²) in [6.07, 6.45) is -19.3. The van der Waals surface area contributed by atoms with Crippen molar-refractivity contribution < 1.29 is 94.5 Å². The zero-order valence-corrected chi connectivity index (χ0v) is 40.2. The number of hydrogen-bond acceptors (Lipinski definition) is 19. The Kier molecular flexibility index (Phi) is 15.7. The maximum atomic E-state index is 13.1. The number of fused-ring (bicyclic) bond motifs is 5. The fourth-order valence-corrected chi connectivity index (χ4v) is 13.9. The van der Waals surface area contributed by atoms with Gasteiger partial charge in [0.25, 0.3) is 0 Å². The highest BCUT2D eigenvalue weighted by Crippen LogP contribution is 2.75. The topological polar surface area (TPSA) is 315 Å². The molecule has 3 saturated carbocycles. The van der Waals surface area contributed by atoms with Crippen LogP contribution < -0.4 is 0 Å². The van der Waals surface area contributed by atoms with E-state index in [-0.39, 0.29) is 46.7 Å². The second-order valence-corrected chi connectivity index (χ2v) is 22.8. The number of carbonyl (C=O) groups is 1. The van der Waals surface area contributed by atoms with Crippen LogP contribution in [0.15, 0.2) is 11.6 Å². The summed E-state index contributed by atoms with van der Waals surface area (Å²) in [6, 6.07) is 0. The van der Waals surface area contributed by atoms with Crippen molar-refractivity contribution in [3.8, 4) is 0 Å². The van der Waals surface area contributed by atoms with E-state index in [0.29, 0.717) is 19.3 Å². The quantitative estimate of drug-likeness (QED) is 0.0944. The molecule has 0 amide bonds. The van der Waals surface area contributed by atoms with E-state index < -0.39 is 141 Å². The summed E-state index contributed by atoms with van der Waals surface area (Å²) in [5.41, 5.74) is -1.70. The Morgan fingerprint density at radius 1 is 0.731 bits per heavy atom.